The van der Waals surface area contributed by atoms with Crippen molar-refractivity contribution in [1.82, 2.24) is 4.90 Å². The van der Waals surface area contributed by atoms with E-state index < -0.39 is 23.8 Å². The third-order valence-electron chi connectivity index (χ3n) is 5.17. The van der Waals surface area contributed by atoms with E-state index in [0.717, 1.165) is 30.1 Å². The minimum Gasteiger partial charge on any atom is -0.481 e. The standard InChI is InChI=1S/C21H28F3NO4S/c22-21(23,24)16-4-1-3-15(13-16)14-18(26)8-6-17-7-9-19(27)25(17)10-12-30-11-2-5-20(28)29/h1,3-4,13,17-18,26H,2,5-12,14H2,(H,28,29)/t17?,18-/m1/s1. The second-order valence-corrected chi connectivity index (χ2v) is 8.75. The highest BCUT2D eigenvalue weighted by Gasteiger charge is 2.31. The molecule has 2 rings (SSSR count). The van der Waals surface area contributed by atoms with Crippen LogP contribution in [-0.4, -0.2) is 57.2 Å². The molecule has 2 atom stereocenters. The lowest BCUT2D eigenvalue weighted by Crippen LogP contribution is -2.35. The molecule has 1 aromatic rings. The van der Waals surface area contributed by atoms with E-state index in [1.807, 2.05) is 4.90 Å². The SMILES string of the molecule is O=C(O)CCCSCCN1C(=O)CCC1CC[C@@H](O)Cc1cccc(C(F)(F)F)c1. The van der Waals surface area contributed by atoms with E-state index in [1.54, 1.807) is 17.8 Å². The zero-order chi connectivity index (χ0) is 22.1. The Morgan fingerprint density at radius 3 is 2.77 bits per heavy atom. The molecule has 1 aromatic carbocycles. The molecule has 2 N–H and O–H groups in total. The van der Waals surface area contributed by atoms with Crippen LogP contribution >= 0.6 is 11.8 Å². The highest BCUT2D eigenvalue weighted by atomic mass is 32.2. The van der Waals surface area contributed by atoms with Crippen LogP contribution in [0.15, 0.2) is 24.3 Å². The van der Waals surface area contributed by atoms with Gasteiger partial charge in [-0.05, 0) is 49.5 Å². The maximum atomic E-state index is 12.8. The summed E-state index contributed by atoms with van der Waals surface area (Å²) in [5.41, 5.74) is -0.282. The average molecular weight is 448 g/mol. The van der Waals surface area contributed by atoms with Gasteiger partial charge < -0.3 is 15.1 Å². The number of halogens is 3. The number of aliphatic carboxylic acids is 1. The lowest BCUT2D eigenvalue weighted by molar-refractivity contribution is -0.138. The van der Waals surface area contributed by atoms with Gasteiger partial charge in [0.25, 0.3) is 0 Å². The number of aliphatic hydroxyl groups is 1. The molecule has 0 bridgehead atoms. The quantitative estimate of drug-likeness (QED) is 0.474. The summed E-state index contributed by atoms with van der Waals surface area (Å²) >= 11 is 1.62. The van der Waals surface area contributed by atoms with Crippen LogP contribution in [0.1, 0.15) is 49.7 Å². The lowest BCUT2D eigenvalue weighted by Gasteiger charge is -2.25. The first kappa shape index (κ1) is 24.5. The van der Waals surface area contributed by atoms with Crippen LogP contribution in [0.25, 0.3) is 0 Å². The maximum Gasteiger partial charge on any atom is 0.416 e. The van der Waals surface area contributed by atoms with Gasteiger partial charge in [-0.1, -0.05) is 18.2 Å². The molecule has 0 aliphatic carbocycles. The van der Waals surface area contributed by atoms with Crippen LogP contribution < -0.4 is 0 Å². The Morgan fingerprint density at radius 1 is 1.30 bits per heavy atom. The van der Waals surface area contributed by atoms with Gasteiger partial charge >= 0.3 is 12.1 Å². The molecule has 0 spiro atoms. The van der Waals surface area contributed by atoms with E-state index in [4.69, 9.17) is 5.11 Å². The summed E-state index contributed by atoms with van der Waals surface area (Å²) < 4.78 is 38.4. The third kappa shape index (κ3) is 8.18. The minimum absolute atomic E-state index is 0.0354. The summed E-state index contributed by atoms with van der Waals surface area (Å²) in [5.74, 6) is 0.733. The number of carboxylic acids is 1. The van der Waals surface area contributed by atoms with Crippen molar-refractivity contribution in [3.63, 3.8) is 0 Å². The number of hydrogen-bond acceptors (Lipinski definition) is 4. The molecule has 168 valence electrons. The Hall–Kier alpha value is -1.74. The molecule has 30 heavy (non-hydrogen) atoms. The Morgan fingerprint density at radius 2 is 2.07 bits per heavy atom. The molecule has 9 heteroatoms. The molecule has 1 aliphatic rings. The van der Waals surface area contributed by atoms with Gasteiger partial charge in [-0.2, -0.15) is 24.9 Å². The Kier molecular flexibility index (Phi) is 9.48. The van der Waals surface area contributed by atoms with Crippen molar-refractivity contribution in [3.05, 3.63) is 35.4 Å². The van der Waals surface area contributed by atoms with Gasteiger partial charge in [-0.25, -0.2) is 0 Å². The maximum absolute atomic E-state index is 12.8. The summed E-state index contributed by atoms with van der Waals surface area (Å²) in [6.45, 7) is 0.588. The summed E-state index contributed by atoms with van der Waals surface area (Å²) in [6, 6.07) is 5.03. The lowest BCUT2D eigenvalue weighted by atomic mass is 9.99. The second kappa shape index (κ2) is 11.6. The first-order valence-corrected chi connectivity index (χ1v) is 11.3. The number of alkyl halides is 3. The van der Waals surface area contributed by atoms with Gasteiger partial charge in [0.2, 0.25) is 5.91 Å². The van der Waals surface area contributed by atoms with E-state index in [1.165, 1.54) is 6.07 Å². The number of carbonyl (C=O) groups is 2. The number of rotatable bonds is 12. The Bertz CT molecular complexity index is 714. The molecule has 0 saturated carbocycles. The van der Waals surface area contributed by atoms with Gasteiger partial charge in [0.15, 0.2) is 0 Å². The average Bonchev–Trinajstić information content (AvgIpc) is 3.02. The summed E-state index contributed by atoms with van der Waals surface area (Å²) in [5, 5.41) is 18.9. The van der Waals surface area contributed by atoms with Crippen molar-refractivity contribution in [2.24, 2.45) is 0 Å². The molecule has 1 heterocycles. The van der Waals surface area contributed by atoms with E-state index >= 15 is 0 Å². The van der Waals surface area contributed by atoms with Crippen molar-refractivity contribution in [2.45, 2.75) is 63.3 Å². The largest absolute Gasteiger partial charge is 0.481 e. The van der Waals surface area contributed by atoms with E-state index in [2.05, 4.69) is 0 Å². The van der Waals surface area contributed by atoms with Crippen LogP contribution in [0, 0.1) is 0 Å². The molecule has 0 aromatic heterocycles. The number of carbonyl (C=O) groups excluding carboxylic acids is 1. The topological polar surface area (TPSA) is 77.8 Å². The summed E-state index contributed by atoms with van der Waals surface area (Å²) in [6.07, 6.45) is -2.08. The zero-order valence-corrected chi connectivity index (χ0v) is 17.6. The van der Waals surface area contributed by atoms with Crippen LogP contribution in [0.4, 0.5) is 13.2 Å². The smallest absolute Gasteiger partial charge is 0.416 e. The number of benzene rings is 1. The van der Waals surface area contributed by atoms with Gasteiger partial charge in [0, 0.05) is 31.2 Å². The number of nitrogens with zero attached hydrogens (tertiary/aromatic N) is 1. The van der Waals surface area contributed by atoms with Crippen LogP contribution in [0.3, 0.4) is 0 Å². The molecule has 1 unspecified atom stereocenters. The molecular weight excluding hydrogens is 419 g/mol. The van der Waals surface area contributed by atoms with Crippen molar-refractivity contribution in [2.75, 3.05) is 18.1 Å². The fourth-order valence-electron chi connectivity index (χ4n) is 3.62. The van der Waals surface area contributed by atoms with E-state index in [-0.39, 0.29) is 24.8 Å². The van der Waals surface area contributed by atoms with Crippen molar-refractivity contribution in [1.29, 1.82) is 0 Å². The predicted molar refractivity (Wildman–Crippen MR) is 109 cm³/mol. The highest BCUT2D eigenvalue weighted by molar-refractivity contribution is 7.99. The van der Waals surface area contributed by atoms with Gasteiger partial charge in [-0.3, -0.25) is 9.59 Å². The monoisotopic (exact) mass is 447 g/mol. The molecule has 5 nitrogen and oxygen atoms in total. The first-order chi connectivity index (χ1) is 14.2. The molecule has 1 fully saturated rings. The van der Waals surface area contributed by atoms with Gasteiger partial charge in [0.1, 0.15) is 0 Å². The predicted octanol–water partition coefficient (Wildman–Crippen LogP) is 3.98. The fourth-order valence-corrected chi connectivity index (χ4v) is 4.50. The molecule has 1 saturated heterocycles. The number of hydrogen-bond donors (Lipinski definition) is 2. The molecule has 1 amide bonds. The zero-order valence-electron chi connectivity index (χ0n) is 16.7. The van der Waals surface area contributed by atoms with Gasteiger partial charge in [-0.15, -0.1) is 0 Å². The van der Waals surface area contributed by atoms with Crippen molar-refractivity contribution in [3.8, 4) is 0 Å². The van der Waals surface area contributed by atoms with Crippen molar-refractivity contribution >= 4 is 23.6 Å². The minimum atomic E-state index is -4.41. The summed E-state index contributed by atoms with van der Waals surface area (Å²) in [4.78, 5) is 24.4. The first-order valence-electron chi connectivity index (χ1n) is 10.1. The van der Waals surface area contributed by atoms with Crippen LogP contribution in [0.2, 0.25) is 0 Å². The molecular formula is C21H28F3NO4S. The molecule has 1 aliphatic heterocycles. The van der Waals surface area contributed by atoms with E-state index in [0.29, 0.717) is 37.8 Å². The molecule has 0 radical (unpaired) electrons. The van der Waals surface area contributed by atoms with Crippen LogP contribution in [-0.2, 0) is 22.2 Å². The summed E-state index contributed by atoms with van der Waals surface area (Å²) in [7, 11) is 0. The normalized spacial score (nSPS) is 18.1. The Labute approximate surface area is 178 Å². The number of thioether (sulfide) groups is 1. The Balaban J connectivity index is 1.75. The number of likely N-dealkylation sites (tertiary alicyclic amines) is 1. The van der Waals surface area contributed by atoms with Crippen molar-refractivity contribution < 1.29 is 33.0 Å². The van der Waals surface area contributed by atoms with E-state index in [9.17, 15) is 27.9 Å². The second-order valence-electron chi connectivity index (χ2n) is 7.52. The van der Waals surface area contributed by atoms with Gasteiger partial charge in [0.05, 0.1) is 11.7 Å². The van der Waals surface area contributed by atoms with Crippen LogP contribution in [0.5, 0.6) is 0 Å². The number of carboxylic acid groups (broad SMARTS) is 1. The fraction of sp³-hybridized carbons (Fsp3) is 0.619. The number of amides is 1. The third-order valence-corrected chi connectivity index (χ3v) is 6.22. The number of aliphatic hydroxyl groups excluding tert-OH is 1. The highest BCUT2D eigenvalue weighted by Crippen LogP contribution is 2.30.